The van der Waals surface area contributed by atoms with Crippen LogP contribution in [-0.2, 0) is 9.05 Å². The molecule has 0 N–H and O–H groups in total. The molecule has 0 spiro atoms. The molecule has 1 heterocycles. The molecule has 1 aromatic rings. The molecule has 0 atom stereocenters. The van der Waals surface area contributed by atoms with Crippen LogP contribution in [0.2, 0.25) is 0 Å². The Kier molecular flexibility index (Phi) is 4.55. The second kappa shape index (κ2) is 5.30. The van der Waals surface area contributed by atoms with Crippen molar-refractivity contribution < 1.29 is 34.8 Å². The third-order valence-corrected chi connectivity index (χ3v) is 3.47. The fourth-order valence-corrected chi connectivity index (χ4v) is 2.61. The molecule has 13 heteroatoms. The highest BCUT2D eigenvalue weighted by atomic mass is 35.7. The average Bonchev–Trinajstić information content (AvgIpc) is 2.55. The van der Waals surface area contributed by atoms with Crippen LogP contribution < -0.4 is 0 Å². The molecule has 0 amide bonds. The number of halogens is 7. The zero-order chi connectivity index (χ0) is 16.8. The minimum Gasteiger partial charge on any atom is -0.297 e. The summed E-state index contributed by atoms with van der Waals surface area (Å²) in [7, 11) is 0.285. The number of alkyl halides is 6. The summed E-state index contributed by atoms with van der Waals surface area (Å²) in [6.45, 7) is 2.34. The standard InChI is InChI=1S/C8H8ClF6N3O2S/c1-3(2)18-5(16-17-6(18)21(9,19)20)4(7(10,11)12)8(13,14)15/h3-4H,1-2H3. The Morgan fingerprint density at radius 3 is 1.76 bits per heavy atom. The highest BCUT2D eigenvalue weighted by Crippen LogP contribution is 2.46. The molecule has 0 aromatic carbocycles. The van der Waals surface area contributed by atoms with Crippen molar-refractivity contribution in [2.24, 2.45) is 0 Å². The first kappa shape index (κ1) is 18.0. The Morgan fingerprint density at radius 2 is 1.48 bits per heavy atom. The normalized spacial score (nSPS) is 14.2. The lowest BCUT2D eigenvalue weighted by Gasteiger charge is -2.24. The van der Waals surface area contributed by atoms with Gasteiger partial charge in [-0.15, -0.1) is 10.2 Å². The van der Waals surface area contributed by atoms with E-state index >= 15 is 0 Å². The van der Waals surface area contributed by atoms with E-state index in [4.69, 9.17) is 10.7 Å². The summed E-state index contributed by atoms with van der Waals surface area (Å²) in [5.41, 5.74) is 0. The topological polar surface area (TPSA) is 64.8 Å². The first-order valence-electron chi connectivity index (χ1n) is 5.20. The summed E-state index contributed by atoms with van der Waals surface area (Å²) in [6, 6.07) is -1.09. The average molecular weight is 360 g/mol. The van der Waals surface area contributed by atoms with Gasteiger partial charge in [0.1, 0.15) is 0 Å². The van der Waals surface area contributed by atoms with E-state index in [0.29, 0.717) is 0 Å². The van der Waals surface area contributed by atoms with Gasteiger partial charge in [0.2, 0.25) is 5.92 Å². The van der Waals surface area contributed by atoms with Gasteiger partial charge in [0.05, 0.1) is 0 Å². The van der Waals surface area contributed by atoms with Gasteiger partial charge in [0.25, 0.3) is 14.2 Å². The number of aromatic nitrogens is 3. The van der Waals surface area contributed by atoms with Gasteiger partial charge in [-0.2, -0.15) is 26.3 Å². The second-order valence-electron chi connectivity index (χ2n) is 4.26. The lowest BCUT2D eigenvalue weighted by Crippen LogP contribution is -2.36. The van der Waals surface area contributed by atoms with E-state index in [1.165, 1.54) is 13.8 Å². The molecule has 0 aliphatic rings. The van der Waals surface area contributed by atoms with Gasteiger partial charge < -0.3 is 0 Å². The van der Waals surface area contributed by atoms with Gasteiger partial charge in [0, 0.05) is 16.7 Å². The lowest BCUT2D eigenvalue weighted by molar-refractivity contribution is -0.256. The van der Waals surface area contributed by atoms with Crippen molar-refractivity contribution in [1.29, 1.82) is 0 Å². The number of hydrogen-bond donors (Lipinski definition) is 0. The summed E-state index contributed by atoms with van der Waals surface area (Å²) < 4.78 is 98.6. The zero-order valence-electron chi connectivity index (χ0n) is 10.4. The molecule has 0 saturated heterocycles. The summed E-state index contributed by atoms with van der Waals surface area (Å²) in [5, 5.41) is 4.42. The second-order valence-corrected chi connectivity index (χ2v) is 6.72. The van der Waals surface area contributed by atoms with Crippen molar-refractivity contribution in [2.45, 2.75) is 43.3 Å². The molecule has 0 fully saturated rings. The van der Waals surface area contributed by atoms with Gasteiger partial charge in [-0.3, -0.25) is 4.57 Å². The van der Waals surface area contributed by atoms with Crippen LogP contribution in [0.15, 0.2) is 5.16 Å². The van der Waals surface area contributed by atoms with Gasteiger partial charge in [-0.1, -0.05) is 0 Å². The van der Waals surface area contributed by atoms with Crippen molar-refractivity contribution in [2.75, 3.05) is 0 Å². The SMILES string of the molecule is CC(C)n1c(C(C(F)(F)F)C(F)(F)F)nnc1S(=O)(=O)Cl. The number of hydrogen-bond acceptors (Lipinski definition) is 4. The quantitative estimate of drug-likeness (QED) is 0.615. The predicted octanol–water partition coefficient (Wildman–Crippen LogP) is 2.99. The third-order valence-electron chi connectivity index (χ3n) is 2.34. The fraction of sp³-hybridized carbons (Fsp3) is 0.750. The van der Waals surface area contributed by atoms with E-state index < -0.39 is 44.3 Å². The summed E-state index contributed by atoms with van der Waals surface area (Å²) >= 11 is 0. The minimum absolute atomic E-state index is 0.202. The van der Waals surface area contributed by atoms with Crippen LogP contribution in [0.5, 0.6) is 0 Å². The molecule has 0 aliphatic carbocycles. The van der Waals surface area contributed by atoms with Crippen molar-refractivity contribution in [3.8, 4) is 0 Å². The van der Waals surface area contributed by atoms with E-state index in [1.54, 1.807) is 0 Å². The van der Waals surface area contributed by atoms with E-state index in [2.05, 4.69) is 10.2 Å². The molecule has 0 aliphatic heterocycles. The molecule has 5 nitrogen and oxygen atoms in total. The summed E-state index contributed by atoms with van der Waals surface area (Å²) in [4.78, 5) is 0. The van der Waals surface area contributed by atoms with Crippen LogP contribution in [0.4, 0.5) is 26.3 Å². The van der Waals surface area contributed by atoms with Crippen LogP contribution in [0, 0.1) is 0 Å². The molecule has 0 bridgehead atoms. The monoisotopic (exact) mass is 359 g/mol. The molecule has 1 aromatic heterocycles. The van der Waals surface area contributed by atoms with E-state index in [0.717, 1.165) is 0 Å². The van der Waals surface area contributed by atoms with Gasteiger partial charge >= 0.3 is 12.4 Å². The van der Waals surface area contributed by atoms with Crippen LogP contribution in [0.1, 0.15) is 31.6 Å². The molecule has 0 radical (unpaired) electrons. The summed E-state index contributed by atoms with van der Waals surface area (Å²) in [6.07, 6.45) is -11.4. The smallest absolute Gasteiger partial charge is 0.297 e. The molecule has 21 heavy (non-hydrogen) atoms. The predicted molar refractivity (Wildman–Crippen MR) is 58.3 cm³/mol. The summed E-state index contributed by atoms with van der Waals surface area (Å²) in [5.74, 6) is -5.55. The van der Waals surface area contributed by atoms with Crippen LogP contribution in [-0.4, -0.2) is 35.5 Å². The van der Waals surface area contributed by atoms with Crippen molar-refractivity contribution in [3.05, 3.63) is 5.82 Å². The number of rotatable bonds is 3. The first-order valence-corrected chi connectivity index (χ1v) is 7.51. The molecule has 1 rings (SSSR count). The highest BCUT2D eigenvalue weighted by molar-refractivity contribution is 8.13. The van der Waals surface area contributed by atoms with Crippen LogP contribution >= 0.6 is 10.7 Å². The molecule has 122 valence electrons. The Labute approximate surface area is 119 Å². The highest BCUT2D eigenvalue weighted by Gasteiger charge is 2.60. The Morgan fingerprint density at radius 1 is 1.05 bits per heavy atom. The zero-order valence-corrected chi connectivity index (χ0v) is 11.9. The van der Waals surface area contributed by atoms with Crippen LogP contribution in [0.3, 0.4) is 0 Å². The Balaban J connectivity index is 3.66. The van der Waals surface area contributed by atoms with E-state index in [9.17, 15) is 34.8 Å². The minimum atomic E-state index is -5.72. The third kappa shape index (κ3) is 3.78. The van der Waals surface area contributed by atoms with Crippen LogP contribution in [0.25, 0.3) is 0 Å². The molecular weight excluding hydrogens is 352 g/mol. The Bertz CT molecular complexity index is 607. The lowest BCUT2D eigenvalue weighted by atomic mass is 10.1. The van der Waals surface area contributed by atoms with Crippen molar-refractivity contribution in [1.82, 2.24) is 14.8 Å². The number of nitrogens with zero attached hydrogens (tertiary/aromatic N) is 3. The maximum absolute atomic E-state index is 12.7. The molecule has 0 saturated carbocycles. The van der Waals surface area contributed by atoms with Gasteiger partial charge in [0.15, 0.2) is 5.82 Å². The van der Waals surface area contributed by atoms with E-state index in [-0.39, 0.29) is 4.57 Å². The van der Waals surface area contributed by atoms with Crippen molar-refractivity contribution >= 4 is 19.7 Å². The van der Waals surface area contributed by atoms with Gasteiger partial charge in [-0.25, -0.2) is 8.42 Å². The first-order chi connectivity index (χ1) is 9.17. The van der Waals surface area contributed by atoms with Gasteiger partial charge in [-0.05, 0) is 13.8 Å². The van der Waals surface area contributed by atoms with Crippen molar-refractivity contribution in [3.63, 3.8) is 0 Å². The fourth-order valence-electron chi connectivity index (χ4n) is 1.62. The molecule has 0 unspecified atom stereocenters. The molecular formula is C8H8ClF6N3O2S. The largest absolute Gasteiger partial charge is 0.407 e. The Hall–Kier alpha value is -1.04. The maximum atomic E-state index is 12.7. The maximum Gasteiger partial charge on any atom is 0.407 e. The van der Waals surface area contributed by atoms with E-state index in [1.807, 2.05) is 0 Å².